The molecule has 1 aliphatic carbocycles. The molecule has 24 heavy (non-hydrogen) atoms. The van der Waals surface area contributed by atoms with Crippen molar-refractivity contribution in [3.8, 4) is 5.75 Å². The van der Waals surface area contributed by atoms with Crippen molar-refractivity contribution in [2.45, 2.75) is 58.3 Å². The molecule has 0 aromatic heterocycles. The lowest BCUT2D eigenvalue weighted by Gasteiger charge is -2.35. The lowest BCUT2D eigenvalue weighted by atomic mass is 9.84. The van der Waals surface area contributed by atoms with Crippen molar-refractivity contribution in [3.05, 3.63) is 29.8 Å². The highest BCUT2D eigenvalue weighted by Gasteiger charge is 2.33. The van der Waals surface area contributed by atoms with E-state index in [0.717, 1.165) is 25.0 Å². The van der Waals surface area contributed by atoms with Crippen LogP contribution in [0.25, 0.3) is 0 Å². The molecule has 5 heteroatoms. The third-order valence-electron chi connectivity index (χ3n) is 4.38. The Morgan fingerprint density at radius 1 is 1.29 bits per heavy atom. The Balaban J connectivity index is 1.80. The monoisotopic (exact) mass is 334 g/mol. The maximum Gasteiger partial charge on any atom is 0.234 e. The third kappa shape index (κ3) is 5.80. The minimum atomic E-state index is -0.513. The van der Waals surface area contributed by atoms with Gasteiger partial charge in [0.25, 0.3) is 0 Å². The van der Waals surface area contributed by atoms with Crippen LogP contribution < -0.4 is 15.4 Å². The number of aliphatic hydroxyl groups is 1. The minimum Gasteiger partial charge on any atom is -0.488 e. The Kier molecular flexibility index (Phi) is 7.06. The van der Waals surface area contributed by atoms with Crippen molar-refractivity contribution < 1.29 is 14.6 Å². The van der Waals surface area contributed by atoms with Gasteiger partial charge in [0.05, 0.1) is 12.6 Å². The number of nitrogens with one attached hydrogen (secondary N) is 2. The van der Waals surface area contributed by atoms with Crippen molar-refractivity contribution in [2.24, 2.45) is 5.92 Å². The van der Waals surface area contributed by atoms with Gasteiger partial charge in [0.1, 0.15) is 11.9 Å². The first kappa shape index (κ1) is 18.7. The van der Waals surface area contributed by atoms with Crippen molar-refractivity contribution in [1.82, 2.24) is 10.6 Å². The molecule has 0 radical (unpaired) electrons. The molecule has 134 valence electrons. The van der Waals surface area contributed by atoms with Gasteiger partial charge in [-0.15, -0.1) is 0 Å². The molecule has 5 nitrogen and oxygen atoms in total. The molecular formula is C19H30N2O3. The fourth-order valence-corrected chi connectivity index (χ4v) is 3.11. The Labute approximate surface area is 144 Å². The molecule has 3 N–H and O–H groups in total. The summed E-state index contributed by atoms with van der Waals surface area (Å²) in [6, 6.07) is 8.06. The predicted octanol–water partition coefficient (Wildman–Crippen LogP) is 2.02. The van der Waals surface area contributed by atoms with Gasteiger partial charge < -0.3 is 20.5 Å². The normalized spacial score (nSPS) is 24.0. The fourth-order valence-electron chi connectivity index (χ4n) is 3.11. The van der Waals surface area contributed by atoms with Crippen LogP contribution in [0.3, 0.4) is 0 Å². The summed E-state index contributed by atoms with van der Waals surface area (Å²) in [7, 11) is 0. The molecule has 0 heterocycles. The molecule has 2 rings (SSSR count). The second-order valence-corrected chi connectivity index (χ2v) is 7.00. The first-order valence-electron chi connectivity index (χ1n) is 8.87. The summed E-state index contributed by atoms with van der Waals surface area (Å²) in [4.78, 5) is 11.6. The van der Waals surface area contributed by atoms with E-state index in [2.05, 4.69) is 10.6 Å². The summed E-state index contributed by atoms with van der Waals surface area (Å²) in [6.07, 6.45) is 2.14. The summed E-state index contributed by atoms with van der Waals surface area (Å²) in [6.45, 7) is 6.83. The van der Waals surface area contributed by atoms with E-state index in [4.69, 9.17) is 4.74 Å². The zero-order valence-electron chi connectivity index (χ0n) is 14.9. The molecule has 1 saturated carbocycles. The van der Waals surface area contributed by atoms with E-state index in [1.165, 1.54) is 5.56 Å². The van der Waals surface area contributed by atoms with Crippen LogP contribution in [0, 0.1) is 12.8 Å². The van der Waals surface area contributed by atoms with Crippen molar-refractivity contribution >= 4 is 5.91 Å². The number of hydrogen-bond acceptors (Lipinski definition) is 4. The first-order chi connectivity index (χ1) is 11.5. The lowest BCUT2D eigenvalue weighted by molar-refractivity contribution is -0.120. The average Bonchev–Trinajstić information content (AvgIpc) is 2.52. The molecule has 0 aliphatic heterocycles. The van der Waals surface area contributed by atoms with Gasteiger partial charge in [0, 0.05) is 18.5 Å². The van der Waals surface area contributed by atoms with Crippen LogP contribution in [0.15, 0.2) is 24.3 Å². The van der Waals surface area contributed by atoms with Gasteiger partial charge in [-0.25, -0.2) is 0 Å². The van der Waals surface area contributed by atoms with Gasteiger partial charge in [-0.3, -0.25) is 4.79 Å². The molecule has 1 aromatic rings. The molecule has 0 saturated heterocycles. The van der Waals surface area contributed by atoms with Gasteiger partial charge in [-0.1, -0.05) is 17.7 Å². The zero-order chi connectivity index (χ0) is 17.5. The van der Waals surface area contributed by atoms with Crippen LogP contribution in [-0.4, -0.2) is 42.4 Å². The van der Waals surface area contributed by atoms with E-state index in [1.54, 1.807) is 0 Å². The average molecular weight is 334 g/mol. The number of aryl methyl sites for hydroxylation is 1. The van der Waals surface area contributed by atoms with Crippen molar-refractivity contribution in [1.29, 1.82) is 0 Å². The molecule has 1 aliphatic rings. The standard InChI is InChI=1S/C19H30N2O3/c1-13(2)21-18(22)12-20-11-15-5-4-6-17(19(15)23)24-16-9-7-14(3)8-10-16/h7-10,13,15,17,19-20,23H,4-6,11-12H2,1-3H3,(H,21,22)/t15-,17-,19-/m1/s1. The van der Waals surface area contributed by atoms with E-state index in [9.17, 15) is 9.90 Å². The van der Waals surface area contributed by atoms with Crippen LogP contribution in [0.5, 0.6) is 5.75 Å². The van der Waals surface area contributed by atoms with Gasteiger partial charge in [0.15, 0.2) is 0 Å². The molecular weight excluding hydrogens is 304 g/mol. The Hall–Kier alpha value is -1.59. The van der Waals surface area contributed by atoms with E-state index in [-0.39, 0.29) is 30.5 Å². The molecule has 0 unspecified atom stereocenters. The quantitative estimate of drug-likeness (QED) is 0.713. The molecule has 0 spiro atoms. The summed E-state index contributed by atoms with van der Waals surface area (Å²) in [5.74, 6) is 0.901. The zero-order valence-corrected chi connectivity index (χ0v) is 14.9. The van der Waals surface area contributed by atoms with E-state index >= 15 is 0 Å². The van der Waals surface area contributed by atoms with Crippen LogP contribution in [0.4, 0.5) is 0 Å². The van der Waals surface area contributed by atoms with Crippen LogP contribution >= 0.6 is 0 Å². The lowest BCUT2D eigenvalue weighted by Crippen LogP contribution is -2.46. The SMILES string of the molecule is Cc1ccc(O[C@@H]2CCC[C@H](CNCC(=O)NC(C)C)[C@H]2O)cc1. The van der Waals surface area contributed by atoms with Gasteiger partial charge in [-0.2, -0.15) is 0 Å². The molecule has 3 atom stereocenters. The number of rotatable bonds is 7. The van der Waals surface area contributed by atoms with Gasteiger partial charge in [-0.05, 0) is 52.2 Å². The number of amides is 1. The summed E-state index contributed by atoms with van der Waals surface area (Å²) >= 11 is 0. The summed E-state index contributed by atoms with van der Waals surface area (Å²) < 4.78 is 5.98. The van der Waals surface area contributed by atoms with Gasteiger partial charge >= 0.3 is 0 Å². The van der Waals surface area contributed by atoms with E-state index in [1.807, 2.05) is 45.0 Å². The summed E-state index contributed by atoms with van der Waals surface area (Å²) in [5.41, 5.74) is 1.19. The molecule has 1 aromatic carbocycles. The molecule has 1 amide bonds. The Morgan fingerprint density at radius 2 is 2.00 bits per heavy atom. The van der Waals surface area contributed by atoms with Crippen molar-refractivity contribution in [3.63, 3.8) is 0 Å². The number of aliphatic hydroxyl groups excluding tert-OH is 1. The highest BCUT2D eigenvalue weighted by molar-refractivity contribution is 5.78. The maximum absolute atomic E-state index is 11.6. The largest absolute Gasteiger partial charge is 0.488 e. The topological polar surface area (TPSA) is 70.6 Å². The van der Waals surface area contributed by atoms with E-state index < -0.39 is 6.10 Å². The molecule has 1 fully saturated rings. The predicted molar refractivity (Wildman–Crippen MR) is 95.1 cm³/mol. The van der Waals surface area contributed by atoms with Crippen LogP contribution in [-0.2, 0) is 4.79 Å². The molecule has 0 bridgehead atoms. The summed E-state index contributed by atoms with van der Waals surface area (Å²) in [5, 5.41) is 16.6. The van der Waals surface area contributed by atoms with Crippen molar-refractivity contribution in [2.75, 3.05) is 13.1 Å². The van der Waals surface area contributed by atoms with Gasteiger partial charge in [0.2, 0.25) is 5.91 Å². The highest BCUT2D eigenvalue weighted by Crippen LogP contribution is 2.28. The minimum absolute atomic E-state index is 0.0113. The van der Waals surface area contributed by atoms with Crippen LogP contribution in [0.1, 0.15) is 38.7 Å². The number of carbonyl (C=O) groups is 1. The smallest absolute Gasteiger partial charge is 0.234 e. The number of carbonyl (C=O) groups excluding carboxylic acids is 1. The maximum atomic E-state index is 11.6. The third-order valence-corrected chi connectivity index (χ3v) is 4.38. The number of hydrogen-bond donors (Lipinski definition) is 3. The Morgan fingerprint density at radius 3 is 2.67 bits per heavy atom. The number of ether oxygens (including phenoxy) is 1. The second-order valence-electron chi connectivity index (χ2n) is 7.00. The Bertz CT molecular complexity index is 516. The highest BCUT2D eigenvalue weighted by atomic mass is 16.5. The van der Waals surface area contributed by atoms with E-state index in [0.29, 0.717) is 6.54 Å². The van der Waals surface area contributed by atoms with Crippen LogP contribution in [0.2, 0.25) is 0 Å². The fraction of sp³-hybridized carbons (Fsp3) is 0.632. The second kappa shape index (κ2) is 9.04. The number of benzene rings is 1. The first-order valence-corrected chi connectivity index (χ1v) is 8.87.